The normalized spacial score (nSPS) is 11.1. The molecular formula is C16H23FN2O2S. The number of thioether (sulfide) groups is 1. The quantitative estimate of drug-likeness (QED) is 0.756. The molecular weight excluding hydrogens is 303 g/mol. The van der Waals surface area contributed by atoms with Gasteiger partial charge in [-0.2, -0.15) is 11.8 Å². The molecule has 2 N–H and O–H groups in total. The summed E-state index contributed by atoms with van der Waals surface area (Å²) in [5, 5.41) is 5.31. The first-order valence-electron chi connectivity index (χ1n) is 7.17. The summed E-state index contributed by atoms with van der Waals surface area (Å²) in [7, 11) is 0. The fourth-order valence-electron chi connectivity index (χ4n) is 1.55. The summed E-state index contributed by atoms with van der Waals surface area (Å²) in [4.78, 5) is 23.2. The van der Waals surface area contributed by atoms with E-state index in [0.717, 1.165) is 0 Å². The molecule has 1 rings (SSSR count). The largest absolute Gasteiger partial charge is 0.354 e. The smallest absolute Gasteiger partial charge is 0.239 e. The number of rotatable bonds is 7. The third-order valence-electron chi connectivity index (χ3n) is 2.87. The van der Waals surface area contributed by atoms with Crippen molar-refractivity contribution in [3.63, 3.8) is 0 Å². The predicted octanol–water partition coefficient (Wildman–Crippen LogP) is 2.34. The summed E-state index contributed by atoms with van der Waals surface area (Å²) in [6, 6.07) is 6.66. The van der Waals surface area contributed by atoms with Gasteiger partial charge < -0.3 is 10.6 Å². The second-order valence-corrected chi connectivity index (χ2v) is 7.03. The van der Waals surface area contributed by atoms with Crippen LogP contribution in [0, 0.1) is 11.2 Å². The van der Waals surface area contributed by atoms with E-state index >= 15 is 0 Å². The third-order valence-corrected chi connectivity index (χ3v) is 3.88. The van der Waals surface area contributed by atoms with Gasteiger partial charge in [-0.3, -0.25) is 9.59 Å². The minimum Gasteiger partial charge on any atom is -0.354 e. The van der Waals surface area contributed by atoms with Gasteiger partial charge >= 0.3 is 0 Å². The minimum atomic E-state index is -0.504. The summed E-state index contributed by atoms with van der Waals surface area (Å²) < 4.78 is 13.4. The second-order valence-electron chi connectivity index (χ2n) is 5.93. The molecule has 1 aromatic rings. The fourth-order valence-corrected chi connectivity index (χ4v) is 2.39. The Hall–Kier alpha value is -1.56. The van der Waals surface area contributed by atoms with Crippen molar-refractivity contribution >= 4 is 23.6 Å². The number of nitrogens with one attached hydrogen (secondary N) is 2. The van der Waals surface area contributed by atoms with Gasteiger partial charge in [0, 0.05) is 23.5 Å². The maximum Gasteiger partial charge on any atom is 0.239 e. The van der Waals surface area contributed by atoms with Gasteiger partial charge in [-0.1, -0.05) is 39.0 Å². The van der Waals surface area contributed by atoms with Gasteiger partial charge in [-0.15, -0.1) is 0 Å². The number of benzene rings is 1. The molecule has 2 amide bonds. The van der Waals surface area contributed by atoms with Crippen LogP contribution in [0.5, 0.6) is 0 Å². The Bertz CT molecular complexity index is 515. The molecule has 0 heterocycles. The molecule has 0 radical (unpaired) electrons. The van der Waals surface area contributed by atoms with E-state index in [1.54, 1.807) is 50.7 Å². The van der Waals surface area contributed by atoms with E-state index in [0.29, 0.717) is 23.6 Å². The van der Waals surface area contributed by atoms with E-state index in [4.69, 9.17) is 0 Å². The van der Waals surface area contributed by atoms with Crippen LogP contribution < -0.4 is 10.6 Å². The maximum atomic E-state index is 13.4. The van der Waals surface area contributed by atoms with Gasteiger partial charge in [0.05, 0.1) is 6.54 Å². The summed E-state index contributed by atoms with van der Waals surface area (Å²) in [6.07, 6.45) is 0. The van der Waals surface area contributed by atoms with Crippen LogP contribution in [0.1, 0.15) is 26.3 Å². The summed E-state index contributed by atoms with van der Waals surface area (Å²) in [5.74, 6) is 0.681. The van der Waals surface area contributed by atoms with E-state index in [2.05, 4.69) is 10.6 Å². The first-order valence-corrected chi connectivity index (χ1v) is 8.32. The van der Waals surface area contributed by atoms with Crippen molar-refractivity contribution in [2.45, 2.75) is 26.5 Å². The van der Waals surface area contributed by atoms with E-state index in [1.807, 2.05) is 0 Å². The van der Waals surface area contributed by atoms with E-state index < -0.39 is 5.41 Å². The van der Waals surface area contributed by atoms with Crippen molar-refractivity contribution < 1.29 is 14.0 Å². The van der Waals surface area contributed by atoms with Crippen LogP contribution in [-0.4, -0.2) is 30.7 Å². The lowest BCUT2D eigenvalue weighted by molar-refractivity contribution is -0.131. The molecule has 0 bridgehead atoms. The van der Waals surface area contributed by atoms with Crippen molar-refractivity contribution in [2.75, 3.05) is 18.8 Å². The molecule has 4 nitrogen and oxygen atoms in total. The van der Waals surface area contributed by atoms with Crippen molar-refractivity contribution in [1.82, 2.24) is 10.6 Å². The molecule has 0 aliphatic rings. The summed E-state index contributed by atoms with van der Waals surface area (Å²) in [6.45, 7) is 5.84. The fraction of sp³-hybridized carbons (Fsp3) is 0.500. The Balaban J connectivity index is 2.13. The van der Waals surface area contributed by atoms with Crippen LogP contribution in [0.4, 0.5) is 4.39 Å². The Morgan fingerprint density at radius 1 is 1.18 bits per heavy atom. The first-order chi connectivity index (χ1) is 10.3. The van der Waals surface area contributed by atoms with E-state index in [1.165, 1.54) is 6.07 Å². The Kier molecular flexibility index (Phi) is 7.38. The Morgan fingerprint density at radius 2 is 1.86 bits per heavy atom. The van der Waals surface area contributed by atoms with E-state index in [9.17, 15) is 14.0 Å². The molecule has 0 spiro atoms. The molecule has 1 aromatic carbocycles. The number of carbonyl (C=O) groups excluding carboxylic acids is 2. The molecule has 0 fully saturated rings. The lowest BCUT2D eigenvalue weighted by Gasteiger charge is -2.17. The molecule has 22 heavy (non-hydrogen) atoms. The molecule has 0 aromatic heterocycles. The van der Waals surface area contributed by atoms with Gasteiger partial charge in [0.2, 0.25) is 11.8 Å². The SMILES string of the molecule is CC(C)(C)C(=O)NCC(=O)NCCSCc1ccccc1F. The lowest BCUT2D eigenvalue weighted by Crippen LogP contribution is -2.42. The highest BCUT2D eigenvalue weighted by Crippen LogP contribution is 2.14. The van der Waals surface area contributed by atoms with Crippen molar-refractivity contribution in [3.05, 3.63) is 35.6 Å². The Labute approximate surface area is 135 Å². The molecule has 0 saturated carbocycles. The highest BCUT2D eigenvalue weighted by atomic mass is 32.2. The average molecular weight is 326 g/mol. The van der Waals surface area contributed by atoms with Crippen molar-refractivity contribution in [2.24, 2.45) is 5.41 Å². The van der Waals surface area contributed by atoms with Crippen LogP contribution in [-0.2, 0) is 15.3 Å². The van der Waals surface area contributed by atoms with Crippen LogP contribution in [0.25, 0.3) is 0 Å². The molecule has 0 aliphatic carbocycles. The molecule has 0 atom stereocenters. The van der Waals surface area contributed by atoms with Crippen LogP contribution in [0.15, 0.2) is 24.3 Å². The number of amides is 2. The highest BCUT2D eigenvalue weighted by Gasteiger charge is 2.21. The molecule has 0 saturated heterocycles. The molecule has 6 heteroatoms. The molecule has 0 unspecified atom stereocenters. The first kappa shape index (κ1) is 18.5. The molecule has 122 valence electrons. The molecule has 0 aliphatic heterocycles. The third kappa shape index (κ3) is 6.93. The minimum absolute atomic E-state index is 0.0198. The zero-order valence-electron chi connectivity index (χ0n) is 13.2. The predicted molar refractivity (Wildman–Crippen MR) is 88.0 cm³/mol. The zero-order valence-corrected chi connectivity index (χ0v) is 14.1. The van der Waals surface area contributed by atoms with Gasteiger partial charge in [-0.25, -0.2) is 4.39 Å². The highest BCUT2D eigenvalue weighted by molar-refractivity contribution is 7.98. The maximum absolute atomic E-state index is 13.4. The van der Waals surface area contributed by atoms with Crippen LogP contribution in [0.3, 0.4) is 0 Å². The Morgan fingerprint density at radius 3 is 2.50 bits per heavy atom. The van der Waals surface area contributed by atoms with Gasteiger partial charge in [0.25, 0.3) is 0 Å². The summed E-state index contributed by atoms with van der Waals surface area (Å²) in [5.41, 5.74) is 0.159. The van der Waals surface area contributed by atoms with E-state index in [-0.39, 0.29) is 24.2 Å². The lowest BCUT2D eigenvalue weighted by atomic mass is 9.96. The van der Waals surface area contributed by atoms with Crippen LogP contribution in [0.2, 0.25) is 0 Å². The van der Waals surface area contributed by atoms with Crippen molar-refractivity contribution in [3.8, 4) is 0 Å². The average Bonchev–Trinajstić information content (AvgIpc) is 2.45. The topological polar surface area (TPSA) is 58.2 Å². The van der Waals surface area contributed by atoms with Gasteiger partial charge in [-0.05, 0) is 11.6 Å². The van der Waals surface area contributed by atoms with Gasteiger partial charge in [0.1, 0.15) is 5.82 Å². The van der Waals surface area contributed by atoms with Gasteiger partial charge in [0.15, 0.2) is 0 Å². The van der Waals surface area contributed by atoms with Crippen LogP contribution >= 0.6 is 11.8 Å². The number of hydrogen-bond acceptors (Lipinski definition) is 3. The standard InChI is InChI=1S/C16H23FN2O2S/c1-16(2,3)15(21)19-10-14(20)18-8-9-22-11-12-6-4-5-7-13(12)17/h4-7H,8-11H2,1-3H3,(H,18,20)(H,19,21). The van der Waals surface area contributed by atoms with Crippen molar-refractivity contribution in [1.29, 1.82) is 0 Å². The number of halogens is 1. The summed E-state index contributed by atoms with van der Waals surface area (Å²) >= 11 is 1.55. The number of carbonyl (C=O) groups is 2. The zero-order chi connectivity index (χ0) is 16.6. The second kappa shape index (κ2) is 8.78. The number of hydrogen-bond donors (Lipinski definition) is 2. The monoisotopic (exact) mass is 326 g/mol.